The van der Waals surface area contributed by atoms with E-state index in [-0.39, 0.29) is 6.04 Å². The van der Waals surface area contributed by atoms with E-state index in [2.05, 4.69) is 0 Å². The fourth-order valence-corrected chi connectivity index (χ4v) is 2.41. The fourth-order valence-electron chi connectivity index (χ4n) is 1.87. The lowest BCUT2D eigenvalue weighted by atomic mass is 9.98. The number of hydrogen-bond donors (Lipinski definition) is 1. The first kappa shape index (κ1) is 13.4. The van der Waals surface area contributed by atoms with Crippen molar-refractivity contribution in [3.8, 4) is 0 Å². The summed E-state index contributed by atoms with van der Waals surface area (Å²) in [5, 5.41) is 1.42. The third-order valence-corrected chi connectivity index (χ3v) is 3.78. The molecule has 94 valence electrons. The van der Waals surface area contributed by atoms with Gasteiger partial charge in [0.05, 0.1) is 6.04 Å². The summed E-state index contributed by atoms with van der Waals surface area (Å²) in [5.74, 6) is 0. The van der Waals surface area contributed by atoms with Gasteiger partial charge in [-0.1, -0.05) is 47.5 Å². The van der Waals surface area contributed by atoms with Gasteiger partial charge >= 0.3 is 0 Å². The maximum absolute atomic E-state index is 6.24. The van der Waals surface area contributed by atoms with Crippen molar-refractivity contribution in [1.82, 2.24) is 0 Å². The van der Waals surface area contributed by atoms with Crippen LogP contribution in [0.15, 0.2) is 36.4 Å². The Morgan fingerprint density at radius 3 is 2.28 bits per heavy atom. The van der Waals surface area contributed by atoms with Gasteiger partial charge in [0, 0.05) is 10.0 Å². The van der Waals surface area contributed by atoms with E-state index in [9.17, 15) is 0 Å². The van der Waals surface area contributed by atoms with Crippen LogP contribution in [-0.2, 0) is 0 Å². The molecule has 0 aliphatic carbocycles. The molecule has 2 rings (SSSR count). The maximum atomic E-state index is 6.24. The van der Waals surface area contributed by atoms with Crippen LogP contribution in [0.25, 0.3) is 0 Å². The summed E-state index contributed by atoms with van der Waals surface area (Å²) in [6, 6.07) is 11.5. The van der Waals surface area contributed by atoms with Crippen LogP contribution in [0.2, 0.25) is 10.0 Å². The first-order valence-electron chi connectivity index (χ1n) is 5.76. The summed E-state index contributed by atoms with van der Waals surface area (Å²) in [4.78, 5) is 0. The lowest BCUT2D eigenvalue weighted by Gasteiger charge is -2.15. The SMILES string of the molecule is Cc1ccc(C(N)c2ccc(C)c(Cl)c2)c(Cl)c1. The first-order valence-corrected chi connectivity index (χ1v) is 6.52. The first-order chi connectivity index (χ1) is 8.49. The van der Waals surface area contributed by atoms with Crippen molar-refractivity contribution in [2.75, 3.05) is 0 Å². The van der Waals surface area contributed by atoms with Crippen molar-refractivity contribution in [3.05, 3.63) is 68.7 Å². The van der Waals surface area contributed by atoms with E-state index in [4.69, 9.17) is 28.9 Å². The Kier molecular flexibility index (Phi) is 3.96. The van der Waals surface area contributed by atoms with E-state index in [1.165, 1.54) is 0 Å². The second-order valence-corrected chi connectivity index (χ2v) is 5.33. The minimum absolute atomic E-state index is 0.254. The van der Waals surface area contributed by atoms with E-state index in [1.807, 2.05) is 50.2 Å². The van der Waals surface area contributed by atoms with Gasteiger partial charge in [0.25, 0.3) is 0 Å². The van der Waals surface area contributed by atoms with Gasteiger partial charge in [-0.25, -0.2) is 0 Å². The molecule has 0 fully saturated rings. The molecule has 0 aliphatic heterocycles. The summed E-state index contributed by atoms with van der Waals surface area (Å²) in [7, 11) is 0. The molecule has 0 saturated carbocycles. The molecule has 1 nitrogen and oxygen atoms in total. The number of benzene rings is 2. The second kappa shape index (κ2) is 5.31. The summed E-state index contributed by atoms with van der Waals surface area (Å²) >= 11 is 12.4. The molecule has 18 heavy (non-hydrogen) atoms. The van der Waals surface area contributed by atoms with Crippen LogP contribution in [0.1, 0.15) is 28.3 Å². The zero-order chi connectivity index (χ0) is 13.3. The van der Waals surface area contributed by atoms with Crippen LogP contribution >= 0.6 is 23.2 Å². The van der Waals surface area contributed by atoms with E-state index in [0.717, 1.165) is 27.3 Å². The molecule has 3 heteroatoms. The van der Waals surface area contributed by atoms with E-state index in [0.29, 0.717) is 5.02 Å². The predicted octanol–water partition coefficient (Wildman–Crippen LogP) is 4.66. The van der Waals surface area contributed by atoms with Crippen molar-refractivity contribution in [2.45, 2.75) is 19.9 Å². The quantitative estimate of drug-likeness (QED) is 0.850. The molecule has 1 atom stereocenters. The highest BCUT2D eigenvalue weighted by Gasteiger charge is 2.13. The van der Waals surface area contributed by atoms with Gasteiger partial charge in [0.1, 0.15) is 0 Å². The Morgan fingerprint density at radius 2 is 1.67 bits per heavy atom. The summed E-state index contributed by atoms with van der Waals surface area (Å²) < 4.78 is 0. The normalized spacial score (nSPS) is 12.5. The average Bonchev–Trinajstić information content (AvgIpc) is 2.32. The lowest BCUT2D eigenvalue weighted by molar-refractivity contribution is 0.870. The van der Waals surface area contributed by atoms with E-state index >= 15 is 0 Å². The predicted molar refractivity (Wildman–Crippen MR) is 78.4 cm³/mol. The molecule has 0 aromatic heterocycles. The number of rotatable bonds is 2. The molecule has 0 spiro atoms. The number of hydrogen-bond acceptors (Lipinski definition) is 1. The molecular formula is C15H15Cl2N. The Bertz CT molecular complexity index is 579. The van der Waals surface area contributed by atoms with Crippen molar-refractivity contribution in [3.63, 3.8) is 0 Å². The van der Waals surface area contributed by atoms with Crippen LogP contribution in [0.5, 0.6) is 0 Å². The number of aryl methyl sites for hydroxylation is 2. The molecule has 0 saturated heterocycles. The Morgan fingerprint density at radius 1 is 0.944 bits per heavy atom. The van der Waals surface area contributed by atoms with Crippen molar-refractivity contribution >= 4 is 23.2 Å². The van der Waals surface area contributed by atoms with Gasteiger partial charge in [0.15, 0.2) is 0 Å². The molecule has 1 unspecified atom stereocenters. The largest absolute Gasteiger partial charge is 0.320 e. The fraction of sp³-hybridized carbons (Fsp3) is 0.200. The molecule has 0 bridgehead atoms. The third kappa shape index (κ3) is 2.69. The Labute approximate surface area is 118 Å². The van der Waals surface area contributed by atoms with Gasteiger partial charge in [-0.2, -0.15) is 0 Å². The van der Waals surface area contributed by atoms with E-state index < -0.39 is 0 Å². The minimum atomic E-state index is -0.254. The number of halogens is 2. The Hall–Kier alpha value is -1.02. The standard InChI is InChI=1S/C15H15Cl2N/c1-9-3-6-12(14(17)7-9)15(18)11-5-4-10(2)13(16)8-11/h3-8,15H,18H2,1-2H3. The van der Waals surface area contributed by atoms with Gasteiger partial charge in [-0.05, 0) is 48.2 Å². The van der Waals surface area contributed by atoms with Gasteiger partial charge < -0.3 is 5.73 Å². The minimum Gasteiger partial charge on any atom is -0.320 e. The van der Waals surface area contributed by atoms with Crippen LogP contribution in [0.3, 0.4) is 0 Å². The molecule has 0 amide bonds. The van der Waals surface area contributed by atoms with Gasteiger partial charge in [-0.3, -0.25) is 0 Å². The monoisotopic (exact) mass is 279 g/mol. The molecule has 0 aliphatic rings. The van der Waals surface area contributed by atoms with Crippen molar-refractivity contribution in [2.24, 2.45) is 5.73 Å². The average molecular weight is 280 g/mol. The van der Waals surface area contributed by atoms with E-state index in [1.54, 1.807) is 0 Å². The van der Waals surface area contributed by atoms with Crippen molar-refractivity contribution in [1.29, 1.82) is 0 Å². The highest BCUT2D eigenvalue weighted by Crippen LogP contribution is 2.29. The zero-order valence-electron chi connectivity index (χ0n) is 10.4. The summed E-state index contributed by atoms with van der Waals surface area (Å²) in [6.07, 6.45) is 0. The Balaban J connectivity index is 2.41. The zero-order valence-corrected chi connectivity index (χ0v) is 11.9. The maximum Gasteiger partial charge on any atom is 0.0566 e. The molecule has 2 aromatic rings. The van der Waals surface area contributed by atoms with Crippen LogP contribution in [0, 0.1) is 13.8 Å². The highest BCUT2D eigenvalue weighted by atomic mass is 35.5. The molecule has 2 aromatic carbocycles. The van der Waals surface area contributed by atoms with Gasteiger partial charge in [0.2, 0.25) is 0 Å². The van der Waals surface area contributed by atoms with Crippen LogP contribution in [0.4, 0.5) is 0 Å². The van der Waals surface area contributed by atoms with Gasteiger partial charge in [-0.15, -0.1) is 0 Å². The molecular weight excluding hydrogens is 265 g/mol. The number of nitrogens with two attached hydrogens (primary N) is 1. The lowest BCUT2D eigenvalue weighted by Crippen LogP contribution is -2.12. The van der Waals surface area contributed by atoms with Crippen LogP contribution in [-0.4, -0.2) is 0 Å². The highest BCUT2D eigenvalue weighted by molar-refractivity contribution is 6.32. The smallest absolute Gasteiger partial charge is 0.0566 e. The topological polar surface area (TPSA) is 26.0 Å². The second-order valence-electron chi connectivity index (χ2n) is 4.51. The summed E-state index contributed by atoms with van der Waals surface area (Å²) in [6.45, 7) is 3.97. The summed E-state index contributed by atoms with van der Waals surface area (Å²) in [5.41, 5.74) is 10.3. The molecule has 0 heterocycles. The van der Waals surface area contributed by atoms with Crippen LogP contribution < -0.4 is 5.73 Å². The van der Waals surface area contributed by atoms with Crippen molar-refractivity contribution < 1.29 is 0 Å². The third-order valence-electron chi connectivity index (χ3n) is 3.05. The molecule has 2 N–H and O–H groups in total. The molecule has 0 radical (unpaired) electrons.